The molecule has 0 saturated carbocycles. The van der Waals surface area contributed by atoms with Gasteiger partial charge in [0, 0.05) is 29.0 Å². The number of pyridine rings is 1. The summed E-state index contributed by atoms with van der Waals surface area (Å²) in [6.45, 7) is 3.56. The molecule has 0 atom stereocenters. The summed E-state index contributed by atoms with van der Waals surface area (Å²) in [6, 6.07) is 4.69. The maximum Gasteiger partial charge on any atom is 0.261 e. The first kappa shape index (κ1) is 15.1. The third-order valence-corrected chi connectivity index (χ3v) is 3.44. The van der Waals surface area contributed by atoms with E-state index in [1.165, 1.54) is 19.4 Å². The van der Waals surface area contributed by atoms with Gasteiger partial charge in [-0.05, 0) is 25.5 Å². The van der Waals surface area contributed by atoms with Gasteiger partial charge in [-0.3, -0.25) is 9.59 Å². The monoisotopic (exact) mass is 306 g/mol. The molecular weight excluding hydrogens is 292 g/mol. The zero-order valence-electron chi connectivity index (χ0n) is 11.9. The Balaban J connectivity index is 2.35. The van der Waals surface area contributed by atoms with Gasteiger partial charge < -0.3 is 15.0 Å². The lowest BCUT2D eigenvalue weighted by molar-refractivity contribution is 0.102. The molecule has 6 heteroatoms. The number of aromatic amines is 1. The molecule has 0 bridgehead atoms. The molecule has 5 nitrogen and oxygen atoms in total. The molecule has 21 heavy (non-hydrogen) atoms. The number of H-pyrrole nitrogens is 1. The quantitative estimate of drug-likeness (QED) is 0.916. The molecule has 0 radical (unpaired) electrons. The molecule has 1 heterocycles. The van der Waals surface area contributed by atoms with E-state index >= 15 is 0 Å². The van der Waals surface area contributed by atoms with Crippen LogP contribution in [0.4, 0.5) is 5.69 Å². The van der Waals surface area contributed by atoms with E-state index in [1.807, 2.05) is 6.92 Å². The van der Waals surface area contributed by atoms with E-state index < -0.39 is 5.91 Å². The van der Waals surface area contributed by atoms with Gasteiger partial charge in [0.15, 0.2) is 5.43 Å². The number of carbonyl (C=O) groups excluding carboxylic acids is 1. The van der Waals surface area contributed by atoms with Gasteiger partial charge in [-0.1, -0.05) is 11.6 Å². The van der Waals surface area contributed by atoms with Crippen LogP contribution in [-0.4, -0.2) is 18.0 Å². The molecule has 2 rings (SSSR count). The number of hydrogen-bond acceptors (Lipinski definition) is 3. The fourth-order valence-electron chi connectivity index (χ4n) is 1.87. The Bertz CT molecular complexity index is 753. The number of amides is 1. The van der Waals surface area contributed by atoms with Crippen LogP contribution in [0, 0.1) is 13.8 Å². The fraction of sp³-hybridized carbons (Fsp3) is 0.200. The summed E-state index contributed by atoms with van der Waals surface area (Å²) in [5.74, 6) is -0.0706. The lowest BCUT2D eigenvalue weighted by Crippen LogP contribution is -2.21. The number of carbonyl (C=O) groups is 1. The minimum Gasteiger partial charge on any atom is -0.495 e. The average molecular weight is 307 g/mol. The highest BCUT2D eigenvalue weighted by molar-refractivity contribution is 6.31. The number of hydrogen-bond donors (Lipinski definition) is 2. The van der Waals surface area contributed by atoms with Crippen LogP contribution in [0.5, 0.6) is 5.75 Å². The van der Waals surface area contributed by atoms with Gasteiger partial charge in [0.25, 0.3) is 5.91 Å². The van der Waals surface area contributed by atoms with Crippen LogP contribution in [0.3, 0.4) is 0 Å². The Morgan fingerprint density at radius 2 is 2.00 bits per heavy atom. The van der Waals surface area contributed by atoms with E-state index in [-0.39, 0.29) is 11.0 Å². The van der Waals surface area contributed by atoms with Crippen LogP contribution in [0.15, 0.2) is 29.2 Å². The number of aromatic nitrogens is 1. The summed E-state index contributed by atoms with van der Waals surface area (Å²) in [5, 5.41) is 3.20. The largest absolute Gasteiger partial charge is 0.495 e. The van der Waals surface area contributed by atoms with Gasteiger partial charge in [0.05, 0.1) is 12.8 Å². The predicted molar refractivity (Wildman–Crippen MR) is 82.5 cm³/mol. The first-order valence-electron chi connectivity index (χ1n) is 6.27. The number of nitrogens with one attached hydrogen (secondary N) is 2. The minimum atomic E-state index is -0.503. The summed E-state index contributed by atoms with van der Waals surface area (Å²) in [7, 11) is 1.48. The van der Waals surface area contributed by atoms with Crippen molar-refractivity contribution in [1.82, 2.24) is 4.98 Å². The van der Waals surface area contributed by atoms with E-state index in [1.54, 1.807) is 19.1 Å². The van der Waals surface area contributed by atoms with Crippen molar-refractivity contribution in [1.29, 1.82) is 0 Å². The van der Waals surface area contributed by atoms with Crippen molar-refractivity contribution in [2.45, 2.75) is 13.8 Å². The van der Waals surface area contributed by atoms with Crippen LogP contribution in [-0.2, 0) is 0 Å². The molecule has 1 aromatic heterocycles. The van der Waals surface area contributed by atoms with E-state index in [0.29, 0.717) is 22.2 Å². The van der Waals surface area contributed by atoms with Gasteiger partial charge in [-0.25, -0.2) is 0 Å². The molecule has 110 valence electrons. The normalized spacial score (nSPS) is 10.3. The molecule has 0 aliphatic rings. The molecule has 0 spiro atoms. The van der Waals surface area contributed by atoms with Crippen molar-refractivity contribution in [3.05, 3.63) is 56.5 Å². The standard InChI is InChI=1S/C15H15ClN2O3/c1-8-4-12(14(21-3)6-11(8)16)18-15(20)10-7-17-9(2)5-13(10)19/h4-7H,1-3H3,(H,17,19)(H,18,20). The topological polar surface area (TPSA) is 71.2 Å². The summed E-state index contributed by atoms with van der Waals surface area (Å²) >= 11 is 6.01. The second-order valence-corrected chi connectivity index (χ2v) is 5.06. The second kappa shape index (κ2) is 6.01. The Hall–Kier alpha value is -2.27. The molecule has 0 unspecified atom stereocenters. The maximum atomic E-state index is 12.2. The minimum absolute atomic E-state index is 0.0373. The van der Waals surface area contributed by atoms with Crippen molar-refractivity contribution in [3.63, 3.8) is 0 Å². The molecule has 0 saturated heterocycles. The molecule has 0 fully saturated rings. The Morgan fingerprint density at radius 1 is 1.29 bits per heavy atom. The molecule has 0 aliphatic carbocycles. The molecule has 2 aromatic rings. The highest BCUT2D eigenvalue weighted by Crippen LogP contribution is 2.31. The van der Waals surface area contributed by atoms with E-state index in [4.69, 9.17) is 16.3 Å². The number of halogens is 1. The maximum absolute atomic E-state index is 12.2. The molecular formula is C15H15ClN2O3. The van der Waals surface area contributed by atoms with Crippen LogP contribution >= 0.6 is 11.6 Å². The average Bonchev–Trinajstić information content (AvgIpc) is 2.42. The number of aryl methyl sites for hydroxylation is 2. The molecule has 1 aromatic carbocycles. The summed E-state index contributed by atoms with van der Waals surface area (Å²) in [5.41, 5.74) is 1.65. The first-order chi connectivity index (χ1) is 9.92. The van der Waals surface area contributed by atoms with Gasteiger partial charge in [-0.2, -0.15) is 0 Å². The van der Waals surface area contributed by atoms with E-state index in [0.717, 1.165) is 5.56 Å². The Kier molecular flexibility index (Phi) is 4.33. The number of methoxy groups -OCH3 is 1. The predicted octanol–water partition coefficient (Wildman–Crippen LogP) is 2.91. The fourth-order valence-corrected chi connectivity index (χ4v) is 2.02. The lowest BCUT2D eigenvalue weighted by Gasteiger charge is -2.12. The molecule has 1 amide bonds. The second-order valence-electron chi connectivity index (χ2n) is 4.65. The van der Waals surface area contributed by atoms with Gasteiger partial charge in [0.2, 0.25) is 0 Å². The number of benzene rings is 1. The van der Waals surface area contributed by atoms with E-state index in [2.05, 4.69) is 10.3 Å². The Labute approximate surface area is 126 Å². The van der Waals surface area contributed by atoms with E-state index in [9.17, 15) is 9.59 Å². The zero-order chi connectivity index (χ0) is 15.6. The van der Waals surface area contributed by atoms with Gasteiger partial charge in [-0.15, -0.1) is 0 Å². The van der Waals surface area contributed by atoms with Crippen LogP contribution in [0.2, 0.25) is 5.02 Å². The third kappa shape index (κ3) is 3.25. The number of ether oxygens (including phenoxy) is 1. The van der Waals surface area contributed by atoms with Crippen molar-refractivity contribution in [2.75, 3.05) is 12.4 Å². The van der Waals surface area contributed by atoms with Crippen molar-refractivity contribution in [2.24, 2.45) is 0 Å². The highest BCUT2D eigenvalue weighted by Gasteiger charge is 2.14. The number of rotatable bonds is 3. The highest BCUT2D eigenvalue weighted by atomic mass is 35.5. The SMILES string of the molecule is COc1cc(Cl)c(C)cc1NC(=O)c1c[nH]c(C)cc1=O. The van der Waals surface area contributed by atoms with Crippen molar-refractivity contribution < 1.29 is 9.53 Å². The molecule has 2 N–H and O–H groups in total. The first-order valence-corrected chi connectivity index (χ1v) is 6.65. The third-order valence-electron chi connectivity index (χ3n) is 3.03. The van der Waals surface area contributed by atoms with Crippen LogP contribution < -0.4 is 15.5 Å². The molecule has 0 aliphatic heterocycles. The van der Waals surface area contributed by atoms with Gasteiger partial charge >= 0.3 is 0 Å². The number of anilines is 1. The van der Waals surface area contributed by atoms with Crippen LogP contribution in [0.1, 0.15) is 21.6 Å². The summed E-state index contributed by atoms with van der Waals surface area (Å²) < 4.78 is 5.18. The van der Waals surface area contributed by atoms with Crippen molar-refractivity contribution in [3.8, 4) is 5.75 Å². The van der Waals surface area contributed by atoms with Crippen molar-refractivity contribution >= 4 is 23.2 Å². The van der Waals surface area contributed by atoms with Crippen LogP contribution in [0.25, 0.3) is 0 Å². The lowest BCUT2D eigenvalue weighted by atomic mass is 10.2. The summed E-state index contributed by atoms with van der Waals surface area (Å²) in [6.07, 6.45) is 1.39. The zero-order valence-corrected chi connectivity index (χ0v) is 12.7. The summed E-state index contributed by atoms with van der Waals surface area (Å²) in [4.78, 5) is 26.8. The Morgan fingerprint density at radius 3 is 2.62 bits per heavy atom. The van der Waals surface area contributed by atoms with Gasteiger partial charge in [0.1, 0.15) is 11.3 Å². The smallest absolute Gasteiger partial charge is 0.261 e.